The van der Waals surface area contributed by atoms with E-state index >= 15 is 0 Å². The van der Waals surface area contributed by atoms with Crippen LogP contribution in [0.3, 0.4) is 0 Å². The fourth-order valence-electron chi connectivity index (χ4n) is 2.29. The highest BCUT2D eigenvalue weighted by atomic mass is 35.5. The largest absolute Gasteiger partial charge is 0.456 e. The summed E-state index contributed by atoms with van der Waals surface area (Å²) >= 11 is 5.38. The lowest BCUT2D eigenvalue weighted by atomic mass is 10.0. The second-order valence-corrected chi connectivity index (χ2v) is 5.09. The molecule has 1 aliphatic heterocycles. The maximum Gasteiger partial charge on any atom is 0.226 e. The highest BCUT2D eigenvalue weighted by Gasteiger charge is 2.21. The molecule has 0 saturated carbocycles. The van der Waals surface area contributed by atoms with Crippen LogP contribution < -0.4 is 4.74 Å². The Morgan fingerprint density at radius 2 is 1.95 bits per heavy atom. The van der Waals surface area contributed by atoms with Gasteiger partial charge in [-0.1, -0.05) is 24.3 Å². The van der Waals surface area contributed by atoms with Crippen LogP contribution in [-0.4, -0.2) is 11.0 Å². The van der Waals surface area contributed by atoms with Gasteiger partial charge in [-0.15, -0.1) is 0 Å². The summed E-state index contributed by atoms with van der Waals surface area (Å²) in [5.74, 6) is 1.19. The minimum atomic E-state index is -0.449. The molecule has 2 aromatic carbocycles. The summed E-state index contributed by atoms with van der Waals surface area (Å²) in [5.41, 5.74) is 2.08. The third kappa shape index (κ3) is 2.45. The summed E-state index contributed by atoms with van der Waals surface area (Å²) < 4.78 is 5.79. The Bertz CT molecular complexity index is 707. The molecule has 0 atom stereocenters. The second kappa shape index (κ2) is 5.10. The normalized spacial score (nSPS) is 12.9. The molecule has 3 rings (SSSR count). The number of para-hydroxylation sites is 1. The van der Waals surface area contributed by atoms with Gasteiger partial charge in [-0.25, -0.2) is 0 Å². The van der Waals surface area contributed by atoms with Crippen molar-refractivity contribution in [1.29, 1.82) is 0 Å². The van der Waals surface area contributed by atoms with Crippen LogP contribution in [0, 0.1) is 0 Å². The average molecular weight is 287 g/mol. The maximum absolute atomic E-state index is 12.3. The molecular weight excluding hydrogens is 276 g/mol. The first-order valence-electron chi connectivity index (χ1n) is 6.24. The fraction of sp³-hybridized carbons (Fsp3) is 0.125. The maximum atomic E-state index is 12.3. The molecule has 3 nitrogen and oxygen atoms in total. The van der Waals surface area contributed by atoms with E-state index in [1.54, 1.807) is 18.2 Å². The van der Waals surface area contributed by atoms with Crippen LogP contribution in [0.2, 0.25) is 0 Å². The van der Waals surface area contributed by atoms with Gasteiger partial charge in [0, 0.05) is 18.4 Å². The average Bonchev–Trinajstić information content (AvgIpc) is 2.54. The number of Topliss-reactive ketones (excluding diaryl/α,β-unsaturated/α-hetero) is 1. The van der Waals surface area contributed by atoms with Gasteiger partial charge in [0.1, 0.15) is 11.5 Å². The van der Waals surface area contributed by atoms with Gasteiger partial charge >= 0.3 is 0 Å². The van der Waals surface area contributed by atoms with Gasteiger partial charge in [0.05, 0.1) is 5.56 Å². The first-order chi connectivity index (χ1) is 9.63. The highest BCUT2D eigenvalue weighted by Crippen LogP contribution is 2.34. The Morgan fingerprint density at radius 1 is 1.15 bits per heavy atom. The number of fused-ring (bicyclic) bond motifs is 2. The van der Waals surface area contributed by atoms with Crippen molar-refractivity contribution in [2.24, 2.45) is 0 Å². The van der Waals surface area contributed by atoms with Crippen molar-refractivity contribution in [2.45, 2.75) is 12.8 Å². The van der Waals surface area contributed by atoms with Gasteiger partial charge in [0.2, 0.25) is 5.24 Å². The van der Waals surface area contributed by atoms with Gasteiger partial charge < -0.3 is 4.74 Å². The Labute approximate surface area is 121 Å². The van der Waals surface area contributed by atoms with Crippen molar-refractivity contribution in [3.05, 3.63) is 59.2 Å². The molecule has 100 valence electrons. The molecule has 2 aromatic rings. The van der Waals surface area contributed by atoms with E-state index in [2.05, 4.69) is 0 Å². The topological polar surface area (TPSA) is 43.4 Å². The molecule has 0 spiro atoms. The third-order valence-corrected chi connectivity index (χ3v) is 3.36. The van der Waals surface area contributed by atoms with Crippen molar-refractivity contribution >= 4 is 22.6 Å². The van der Waals surface area contributed by atoms with Crippen LogP contribution >= 0.6 is 11.6 Å². The molecule has 0 aromatic heterocycles. The van der Waals surface area contributed by atoms with Crippen molar-refractivity contribution in [1.82, 2.24) is 0 Å². The molecule has 0 aliphatic carbocycles. The van der Waals surface area contributed by atoms with Gasteiger partial charge in [0.25, 0.3) is 0 Å². The van der Waals surface area contributed by atoms with Crippen LogP contribution in [0.25, 0.3) is 0 Å². The van der Waals surface area contributed by atoms with Crippen LogP contribution in [0.4, 0.5) is 0 Å². The van der Waals surface area contributed by atoms with Crippen LogP contribution in [0.1, 0.15) is 21.5 Å². The Morgan fingerprint density at radius 3 is 2.75 bits per heavy atom. The molecule has 0 saturated heterocycles. The van der Waals surface area contributed by atoms with E-state index in [9.17, 15) is 9.59 Å². The zero-order valence-electron chi connectivity index (χ0n) is 10.6. The van der Waals surface area contributed by atoms with E-state index in [4.69, 9.17) is 16.3 Å². The second-order valence-electron chi connectivity index (χ2n) is 4.67. The van der Waals surface area contributed by atoms with E-state index in [0.717, 1.165) is 5.56 Å². The molecule has 20 heavy (non-hydrogen) atoms. The highest BCUT2D eigenvalue weighted by molar-refractivity contribution is 6.63. The number of carbonyl (C=O) groups is 2. The minimum Gasteiger partial charge on any atom is -0.456 e. The van der Waals surface area contributed by atoms with Gasteiger partial charge in [-0.3, -0.25) is 9.59 Å². The molecule has 0 unspecified atom stereocenters. The van der Waals surface area contributed by atoms with Gasteiger partial charge in [0.15, 0.2) is 5.78 Å². The number of ketones is 1. The van der Waals surface area contributed by atoms with E-state index in [1.807, 2.05) is 24.3 Å². The predicted molar refractivity (Wildman–Crippen MR) is 75.6 cm³/mol. The standard InChI is InChI=1S/C16H11ClO3/c17-16(19)8-10-5-6-15-12(7-10)13(18)9-11-3-1-2-4-14(11)20-15/h1-7H,8-9H2. The van der Waals surface area contributed by atoms with E-state index in [1.165, 1.54) is 0 Å². The summed E-state index contributed by atoms with van der Waals surface area (Å²) in [5, 5.41) is -0.449. The van der Waals surface area contributed by atoms with Crippen molar-refractivity contribution in [3.63, 3.8) is 0 Å². The van der Waals surface area contributed by atoms with E-state index in [0.29, 0.717) is 29.0 Å². The number of rotatable bonds is 2. The molecular formula is C16H11ClO3. The number of hydrogen-bond acceptors (Lipinski definition) is 3. The molecule has 0 bridgehead atoms. The molecule has 0 amide bonds. The fourth-order valence-corrected chi connectivity index (χ4v) is 2.44. The Balaban J connectivity index is 2.04. The molecule has 1 heterocycles. The van der Waals surface area contributed by atoms with Gasteiger partial charge in [-0.05, 0) is 35.4 Å². The molecule has 4 heteroatoms. The SMILES string of the molecule is O=C(Cl)Cc1ccc2c(c1)C(=O)Cc1ccccc1O2. The Hall–Kier alpha value is -2.13. The lowest BCUT2D eigenvalue weighted by Gasteiger charge is -2.08. The first-order valence-corrected chi connectivity index (χ1v) is 6.61. The van der Waals surface area contributed by atoms with Crippen LogP contribution in [-0.2, 0) is 17.6 Å². The quantitative estimate of drug-likeness (QED) is 0.793. The number of ether oxygens (including phenoxy) is 1. The number of hydrogen-bond donors (Lipinski definition) is 0. The van der Waals surface area contributed by atoms with Crippen LogP contribution in [0.5, 0.6) is 11.5 Å². The zero-order chi connectivity index (χ0) is 14.1. The molecule has 1 aliphatic rings. The number of carbonyl (C=O) groups excluding carboxylic acids is 2. The van der Waals surface area contributed by atoms with Crippen molar-refractivity contribution < 1.29 is 14.3 Å². The Kier molecular flexibility index (Phi) is 3.28. The summed E-state index contributed by atoms with van der Waals surface area (Å²) in [6, 6.07) is 12.6. The number of benzene rings is 2. The predicted octanol–water partition coefficient (Wildman–Crippen LogP) is 3.53. The van der Waals surface area contributed by atoms with Crippen LogP contribution in [0.15, 0.2) is 42.5 Å². The summed E-state index contributed by atoms with van der Waals surface area (Å²) in [6.45, 7) is 0. The lowest BCUT2D eigenvalue weighted by Crippen LogP contribution is -2.03. The zero-order valence-corrected chi connectivity index (χ0v) is 11.3. The van der Waals surface area contributed by atoms with E-state index < -0.39 is 5.24 Å². The van der Waals surface area contributed by atoms with Gasteiger partial charge in [-0.2, -0.15) is 0 Å². The number of halogens is 1. The lowest BCUT2D eigenvalue weighted by molar-refractivity contribution is -0.111. The minimum absolute atomic E-state index is 0.0196. The summed E-state index contributed by atoms with van der Waals surface area (Å²) in [4.78, 5) is 23.3. The third-order valence-electron chi connectivity index (χ3n) is 3.23. The first kappa shape index (κ1) is 12.9. The monoisotopic (exact) mass is 286 g/mol. The smallest absolute Gasteiger partial charge is 0.226 e. The van der Waals surface area contributed by atoms with Crippen molar-refractivity contribution in [2.75, 3.05) is 0 Å². The summed E-state index contributed by atoms with van der Waals surface area (Å²) in [6.07, 6.45) is 0.399. The molecule has 0 N–H and O–H groups in total. The van der Waals surface area contributed by atoms with E-state index in [-0.39, 0.29) is 12.2 Å². The summed E-state index contributed by atoms with van der Waals surface area (Å²) in [7, 11) is 0. The molecule has 0 fully saturated rings. The molecule has 0 radical (unpaired) electrons. The van der Waals surface area contributed by atoms with Crippen molar-refractivity contribution in [3.8, 4) is 11.5 Å².